The number of sulfone groups is 1. The molecule has 1 aromatic heterocycles. The molecule has 134 valence electrons. The molecule has 2 rings (SSSR count). The van der Waals surface area contributed by atoms with Gasteiger partial charge in [-0.3, -0.25) is 9.59 Å². The zero-order valence-corrected chi connectivity index (χ0v) is 14.6. The first-order valence-corrected chi connectivity index (χ1v) is 9.57. The maximum atomic E-state index is 14.0. The van der Waals surface area contributed by atoms with Crippen LogP contribution < -0.4 is 10.7 Å². The van der Waals surface area contributed by atoms with Gasteiger partial charge in [-0.05, 0) is 25.5 Å². The smallest absolute Gasteiger partial charge is 0.275 e. The molecule has 0 unspecified atom stereocenters. The summed E-state index contributed by atoms with van der Waals surface area (Å²) in [7, 11) is -3.12. The van der Waals surface area contributed by atoms with E-state index < -0.39 is 27.0 Å². The van der Waals surface area contributed by atoms with E-state index in [0.717, 1.165) is 6.26 Å². The summed E-state index contributed by atoms with van der Waals surface area (Å²) in [6, 6.07) is 7.06. The molecule has 0 bridgehead atoms. The molecule has 1 aromatic carbocycles. The number of nitrogens with one attached hydrogen (secondary N) is 1. The van der Waals surface area contributed by atoms with Gasteiger partial charge in [0, 0.05) is 24.6 Å². The number of carbonyl (C=O) groups excluding carboxylic acids is 1. The number of carbonyl (C=O) groups is 1. The Morgan fingerprint density at radius 2 is 2.00 bits per heavy atom. The van der Waals surface area contributed by atoms with Crippen molar-refractivity contribution in [1.29, 1.82) is 0 Å². The lowest BCUT2D eigenvalue weighted by Gasteiger charge is -2.12. The standard InChI is InChI=1S/C16H18FN3O4S/c1-11-10-14(21)15(16(22)18-8-5-9-25(2,23)24)19-20(11)13-7-4-3-6-12(13)17/h3-4,6-7,10H,5,8-9H2,1-2H3,(H,18,22). The minimum Gasteiger partial charge on any atom is -0.350 e. The first kappa shape index (κ1) is 18.8. The highest BCUT2D eigenvalue weighted by Crippen LogP contribution is 2.13. The highest BCUT2D eigenvalue weighted by atomic mass is 32.2. The molecule has 2 aromatic rings. The van der Waals surface area contributed by atoms with Crippen LogP contribution in [0.25, 0.3) is 5.69 Å². The van der Waals surface area contributed by atoms with Crippen LogP contribution in [0.4, 0.5) is 4.39 Å². The van der Waals surface area contributed by atoms with Crippen LogP contribution in [-0.2, 0) is 9.84 Å². The molecule has 1 amide bonds. The number of hydrogen-bond donors (Lipinski definition) is 1. The summed E-state index contributed by atoms with van der Waals surface area (Å²) in [4.78, 5) is 24.2. The third-order valence-electron chi connectivity index (χ3n) is 3.38. The number of benzene rings is 1. The van der Waals surface area contributed by atoms with Gasteiger partial charge in [-0.15, -0.1) is 0 Å². The fraction of sp³-hybridized carbons (Fsp3) is 0.312. The number of halogens is 1. The number of nitrogens with zero attached hydrogens (tertiary/aromatic N) is 2. The van der Waals surface area contributed by atoms with Crippen LogP contribution in [-0.4, -0.2) is 42.7 Å². The van der Waals surface area contributed by atoms with E-state index in [4.69, 9.17) is 0 Å². The molecule has 0 saturated heterocycles. The van der Waals surface area contributed by atoms with Gasteiger partial charge in [0.15, 0.2) is 5.69 Å². The van der Waals surface area contributed by atoms with Crippen molar-refractivity contribution in [1.82, 2.24) is 15.1 Å². The summed E-state index contributed by atoms with van der Waals surface area (Å²) in [5.41, 5.74) is -0.478. The second-order valence-corrected chi connectivity index (χ2v) is 7.86. The van der Waals surface area contributed by atoms with Crippen molar-refractivity contribution < 1.29 is 17.6 Å². The summed E-state index contributed by atoms with van der Waals surface area (Å²) >= 11 is 0. The van der Waals surface area contributed by atoms with Gasteiger partial charge in [-0.25, -0.2) is 17.5 Å². The minimum absolute atomic E-state index is 0.0753. The van der Waals surface area contributed by atoms with Gasteiger partial charge < -0.3 is 5.32 Å². The number of hydrogen-bond acceptors (Lipinski definition) is 5. The highest BCUT2D eigenvalue weighted by molar-refractivity contribution is 7.90. The first-order chi connectivity index (χ1) is 11.7. The van der Waals surface area contributed by atoms with Crippen molar-refractivity contribution in [3.63, 3.8) is 0 Å². The molecule has 25 heavy (non-hydrogen) atoms. The Labute approximate surface area is 144 Å². The van der Waals surface area contributed by atoms with Crippen LogP contribution in [0.1, 0.15) is 22.6 Å². The largest absolute Gasteiger partial charge is 0.350 e. The molecule has 0 aliphatic carbocycles. The Kier molecular flexibility index (Phi) is 5.68. The number of rotatable bonds is 6. The van der Waals surface area contributed by atoms with Crippen LogP contribution in [0, 0.1) is 12.7 Å². The van der Waals surface area contributed by atoms with Gasteiger partial charge in [0.2, 0.25) is 5.43 Å². The van der Waals surface area contributed by atoms with E-state index in [2.05, 4.69) is 10.4 Å². The molecular formula is C16H18FN3O4S. The van der Waals surface area contributed by atoms with Crippen molar-refractivity contribution in [2.24, 2.45) is 0 Å². The number of para-hydroxylation sites is 1. The third kappa shape index (κ3) is 4.96. The monoisotopic (exact) mass is 367 g/mol. The minimum atomic E-state index is -3.12. The highest BCUT2D eigenvalue weighted by Gasteiger charge is 2.16. The van der Waals surface area contributed by atoms with Crippen molar-refractivity contribution in [2.75, 3.05) is 18.6 Å². The van der Waals surface area contributed by atoms with Crippen molar-refractivity contribution in [2.45, 2.75) is 13.3 Å². The summed E-state index contributed by atoms with van der Waals surface area (Å²) in [6.07, 6.45) is 1.32. The lowest BCUT2D eigenvalue weighted by Crippen LogP contribution is -2.33. The molecule has 9 heteroatoms. The van der Waals surface area contributed by atoms with Crippen molar-refractivity contribution >= 4 is 15.7 Å². The van der Waals surface area contributed by atoms with E-state index in [9.17, 15) is 22.4 Å². The second kappa shape index (κ2) is 7.56. The second-order valence-electron chi connectivity index (χ2n) is 5.60. The van der Waals surface area contributed by atoms with E-state index in [0.29, 0.717) is 5.69 Å². The fourth-order valence-electron chi connectivity index (χ4n) is 2.19. The molecule has 7 nitrogen and oxygen atoms in total. The number of aryl methyl sites for hydroxylation is 1. The van der Waals surface area contributed by atoms with E-state index >= 15 is 0 Å². The van der Waals surface area contributed by atoms with Crippen LogP contribution in [0.15, 0.2) is 35.1 Å². The number of aromatic nitrogens is 2. The Hall–Kier alpha value is -2.55. The summed E-state index contributed by atoms with van der Waals surface area (Å²) in [5, 5.41) is 6.42. The molecule has 0 fully saturated rings. The maximum Gasteiger partial charge on any atom is 0.275 e. The van der Waals surface area contributed by atoms with Crippen LogP contribution >= 0.6 is 0 Å². The maximum absolute atomic E-state index is 14.0. The third-order valence-corrected chi connectivity index (χ3v) is 4.41. The molecule has 0 aliphatic rings. The SMILES string of the molecule is Cc1cc(=O)c(C(=O)NCCCS(C)(=O)=O)nn1-c1ccccc1F. The zero-order chi connectivity index (χ0) is 18.6. The predicted molar refractivity (Wildman–Crippen MR) is 91.2 cm³/mol. The van der Waals surface area contributed by atoms with Gasteiger partial charge in [0.1, 0.15) is 21.3 Å². The molecule has 0 atom stereocenters. The Bertz CT molecular complexity index is 954. The van der Waals surface area contributed by atoms with Crippen molar-refractivity contribution in [3.05, 3.63) is 57.8 Å². The Balaban J connectivity index is 2.24. The van der Waals surface area contributed by atoms with Crippen LogP contribution in [0.2, 0.25) is 0 Å². The van der Waals surface area contributed by atoms with E-state index in [1.807, 2.05) is 0 Å². The van der Waals surface area contributed by atoms with Gasteiger partial charge in [0.25, 0.3) is 5.91 Å². The molecular weight excluding hydrogens is 349 g/mol. The lowest BCUT2D eigenvalue weighted by atomic mass is 10.2. The van der Waals surface area contributed by atoms with Gasteiger partial charge in [-0.1, -0.05) is 12.1 Å². The molecule has 1 N–H and O–H groups in total. The summed E-state index contributed by atoms with van der Waals surface area (Å²) < 4.78 is 37.2. The average Bonchev–Trinajstić information content (AvgIpc) is 2.51. The van der Waals surface area contributed by atoms with E-state index in [1.54, 1.807) is 13.0 Å². The zero-order valence-electron chi connectivity index (χ0n) is 13.8. The predicted octanol–water partition coefficient (Wildman–Crippen LogP) is 0.845. The molecule has 0 radical (unpaired) electrons. The van der Waals surface area contributed by atoms with Gasteiger partial charge in [0.05, 0.1) is 5.75 Å². The summed E-state index contributed by atoms with van der Waals surface area (Å²) in [5.74, 6) is -1.35. The van der Waals surface area contributed by atoms with Crippen LogP contribution in [0.5, 0.6) is 0 Å². The Morgan fingerprint density at radius 3 is 2.64 bits per heavy atom. The summed E-state index contributed by atoms with van der Waals surface area (Å²) in [6.45, 7) is 1.66. The molecule has 0 spiro atoms. The lowest BCUT2D eigenvalue weighted by molar-refractivity contribution is 0.0945. The van der Waals surface area contributed by atoms with Gasteiger partial charge in [-0.2, -0.15) is 5.10 Å². The Morgan fingerprint density at radius 1 is 1.32 bits per heavy atom. The van der Waals surface area contributed by atoms with Crippen LogP contribution in [0.3, 0.4) is 0 Å². The van der Waals surface area contributed by atoms with Gasteiger partial charge >= 0.3 is 0 Å². The molecule has 0 aliphatic heterocycles. The van der Waals surface area contributed by atoms with Crippen molar-refractivity contribution in [3.8, 4) is 5.69 Å². The fourth-order valence-corrected chi connectivity index (χ4v) is 2.86. The topological polar surface area (TPSA) is 98.1 Å². The first-order valence-electron chi connectivity index (χ1n) is 7.51. The average molecular weight is 367 g/mol. The number of amides is 1. The normalized spacial score (nSPS) is 11.3. The molecule has 1 heterocycles. The quantitative estimate of drug-likeness (QED) is 0.763. The van der Waals surface area contributed by atoms with E-state index in [-0.39, 0.29) is 30.1 Å². The molecule has 0 saturated carbocycles. The van der Waals surface area contributed by atoms with E-state index in [1.165, 1.54) is 28.9 Å².